The molecule has 0 saturated heterocycles. The van der Waals surface area contributed by atoms with Gasteiger partial charge in [0.15, 0.2) is 11.6 Å². The molecule has 60 heavy (non-hydrogen) atoms. The van der Waals surface area contributed by atoms with Gasteiger partial charge < -0.3 is 43.4 Å². The molecule has 4 aromatic carbocycles. The monoisotopic (exact) mass is 836 g/mol. The minimum atomic E-state index is -1.38. The van der Waals surface area contributed by atoms with Crippen LogP contribution in [0.15, 0.2) is 121 Å². The Hall–Kier alpha value is -6.72. The van der Waals surface area contributed by atoms with Crippen LogP contribution in [0, 0.1) is 0 Å². The van der Waals surface area contributed by atoms with Crippen molar-refractivity contribution in [2.75, 3.05) is 0 Å². The highest BCUT2D eigenvalue weighted by molar-refractivity contribution is 6.31. The molecule has 2 unspecified atom stereocenters. The molecule has 0 aliphatic rings. The van der Waals surface area contributed by atoms with E-state index in [1.54, 1.807) is 13.8 Å². The third kappa shape index (κ3) is 39.5. The van der Waals surface area contributed by atoms with Crippen LogP contribution < -0.4 is 22.9 Å². The Labute approximate surface area is 351 Å². The summed E-state index contributed by atoms with van der Waals surface area (Å²) >= 11 is 0. The lowest BCUT2D eigenvalue weighted by molar-refractivity contribution is -0.148. The summed E-state index contributed by atoms with van der Waals surface area (Å²) in [5.74, 6) is -6.09. The largest absolute Gasteiger partial charge is 0.480 e. The van der Waals surface area contributed by atoms with Gasteiger partial charge >= 0.3 is 23.9 Å². The number of ketones is 4. The molecular formula is C44H60N4O12. The Bertz CT molecular complexity index is 1660. The lowest BCUT2D eigenvalue weighted by Crippen LogP contribution is -2.25. The van der Waals surface area contributed by atoms with E-state index in [1.165, 1.54) is 25.0 Å². The molecule has 4 atom stereocenters. The zero-order valence-electron chi connectivity index (χ0n) is 35.2. The highest BCUT2D eigenvalue weighted by Crippen LogP contribution is 2.07. The third-order valence-electron chi connectivity index (χ3n) is 6.39. The highest BCUT2D eigenvalue weighted by Gasteiger charge is 2.01. The molecule has 4 aromatic rings. The summed E-state index contributed by atoms with van der Waals surface area (Å²) in [6.07, 6.45) is 0. The topological polar surface area (TPSA) is 322 Å². The number of hydrogen-bond donors (Lipinski definition) is 8. The number of Topliss-reactive ketones (excluding diaryl/α,β-unsaturated/α-hetero) is 4. The number of carboxylic acids is 4. The number of carboxylic acid groups (broad SMARTS) is 4. The van der Waals surface area contributed by atoms with Gasteiger partial charge in [0, 0.05) is 37.1 Å². The fraction of sp³-hybridized carbons (Fsp3) is 0.273. The molecule has 0 bridgehead atoms. The molecule has 12 N–H and O–H groups in total. The Morgan fingerprint density at radius 2 is 0.550 bits per heavy atom. The summed E-state index contributed by atoms with van der Waals surface area (Å²) in [7, 11) is 0. The quantitative estimate of drug-likeness (QED) is 0.0819. The van der Waals surface area contributed by atoms with Crippen molar-refractivity contribution in [3.05, 3.63) is 144 Å². The summed E-state index contributed by atoms with van der Waals surface area (Å²) in [4.78, 5) is 78.2. The normalized spacial score (nSPS) is 10.9. The van der Waals surface area contributed by atoms with E-state index in [0.717, 1.165) is 25.0 Å². The number of carbonyl (C=O) groups excluding carboxylic acids is 4. The van der Waals surface area contributed by atoms with Crippen LogP contribution in [-0.2, 0) is 28.8 Å². The van der Waals surface area contributed by atoms with Crippen molar-refractivity contribution in [1.29, 1.82) is 0 Å². The van der Waals surface area contributed by atoms with Crippen LogP contribution in [0.25, 0.3) is 0 Å². The smallest absolute Gasteiger partial charge is 0.371 e. The standard InChI is InChI=1S/2C8H11N.2C8H8O.2C3H7NO2.2C3H4O3/c4*1-7(9)8-5-3-2-4-6-8;4*1-2(4)3(5)6/h2*2-7H,9H2,1H3;2*2-6H,1H3;2*2H,4H2,1H3,(H,5,6);2*1H3,(H,5,6)/t2*7-;;;;;;/m10....../s1. The van der Waals surface area contributed by atoms with Crippen molar-refractivity contribution < 1.29 is 58.8 Å². The van der Waals surface area contributed by atoms with Gasteiger partial charge in [-0.2, -0.15) is 0 Å². The van der Waals surface area contributed by atoms with Gasteiger partial charge in [-0.25, -0.2) is 9.59 Å². The first-order chi connectivity index (χ1) is 27.8. The Morgan fingerprint density at radius 1 is 0.383 bits per heavy atom. The molecule has 0 spiro atoms. The van der Waals surface area contributed by atoms with Crippen molar-refractivity contribution in [2.45, 2.75) is 79.6 Å². The molecule has 0 fully saturated rings. The number of rotatable bonds is 8. The van der Waals surface area contributed by atoms with E-state index >= 15 is 0 Å². The summed E-state index contributed by atoms with van der Waals surface area (Å²) in [5.41, 5.74) is 24.8. The lowest BCUT2D eigenvalue weighted by atomic mass is 10.1. The molecule has 4 rings (SSSR count). The van der Waals surface area contributed by atoms with Crippen LogP contribution in [0.5, 0.6) is 0 Å². The van der Waals surface area contributed by atoms with Crippen LogP contribution in [0.4, 0.5) is 0 Å². The van der Waals surface area contributed by atoms with Crippen molar-refractivity contribution in [3.63, 3.8) is 0 Å². The number of carbonyl (C=O) groups is 8. The average Bonchev–Trinajstić information content (AvgIpc) is 3.20. The molecule has 0 aliphatic carbocycles. The van der Waals surface area contributed by atoms with E-state index in [4.69, 9.17) is 43.4 Å². The first-order valence-corrected chi connectivity index (χ1v) is 18.0. The number of aliphatic carboxylic acids is 4. The van der Waals surface area contributed by atoms with Crippen LogP contribution in [0.1, 0.15) is 99.3 Å². The predicted octanol–water partition coefficient (Wildman–Crippen LogP) is 5.35. The Balaban J connectivity index is -0.000000301. The zero-order valence-corrected chi connectivity index (χ0v) is 35.2. The summed E-state index contributed by atoms with van der Waals surface area (Å²) < 4.78 is 0. The maximum atomic E-state index is 10.6. The van der Waals surface area contributed by atoms with E-state index in [2.05, 4.69) is 0 Å². The van der Waals surface area contributed by atoms with Gasteiger partial charge in [0.05, 0.1) is 0 Å². The SMILES string of the molecule is CC(=O)C(=O)O.CC(=O)C(=O)O.CC(=O)c1ccccc1.CC(=O)c1ccccc1.CC(N)C(=O)O.CC(N)C(=O)O.C[C@@H](N)c1ccccc1.C[C@H](N)c1ccccc1. The summed E-state index contributed by atoms with van der Waals surface area (Å²) in [6.45, 7) is 11.9. The maximum absolute atomic E-state index is 10.6. The van der Waals surface area contributed by atoms with Gasteiger partial charge in [0.25, 0.3) is 0 Å². The van der Waals surface area contributed by atoms with Crippen molar-refractivity contribution >= 4 is 47.0 Å². The van der Waals surface area contributed by atoms with Gasteiger partial charge in [-0.1, -0.05) is 121 Å². The molecule has 16 nitrogen and oxygen atoms in total. The molecule has 328 valence electrons. The zero-order chi connectivity index (χ0) is 47.4. The maximum Gasteiger partial charge on any atom is 0.371 e. The second-order valence-corrected chi connectivity index (χ2v) is 12.2. The van der Waals surface area contributed by atoms with Crippen molar-refractivity contribution in [1.82, 2.24) is 0 Å². The Morgan fingerprint density at radius 3 is 0.633 bits per heavy atom. The minimum Gasteiger partial charge on any atom is -0.480 e. The van der Waals surface area contributed by atoms with Gasteiger partial charge in [-0.05, 0) is 52.7 Å². The molecule has 0 radical (unpaired) electrons. The van der Waals surface area contributed by atoms with E-state index in [-0.39, 0.29) is 23.7 Å². The lowest BCUT2D eigenvalue weighted by Gasteiger charge is -2.02. The fourth-order valence-electron chi connectivity index (χ4n) is 2.86. The summed E-state index contributed by atoms with van der Waals surface area (Å²) in [5, 5.41) is 31.0. The van der Waals surface area contributed by atoms with Crippen molar-refractivity contribution in [3.8, 4) is 0 Å². The first kappa shape index (κ1) is 60.0. The van der Waals surface area contributed by atoms with E-state index in [9.17, 15) is 38.4 Å². The van der Waals surface area contributed by atoms with Crippen LogP contribution >= 0.6 is 0 Å². The minimum absolute atomic E-state index is 0.121. The van der Waals surface area contributed by atoms with E-state index < -0.39 is 47.5 Å². The number of hydrogen-bond acceptors (Lipinski definition) is 12. The second-order valence-electron chi connectivity index (χ2n) is 12.2. The highest BCUT2D eigenvalue weighted by atomic mass is 16.4. The van der Waals surface area contributed by atoms with Gasteiger partial charge in [0.1, 0.15) is 12.1 Å². The molecule has 0 aliphatic heterocycles. The molecule has 0 aromatic heterocycles. The van der Waals surface area contributed by atoms with E-state index in [1.807, 2.05) is 135 Å². The third-order valence-corrected chi connectivity index (χ3v) is 6.39. The Kier molecular flexibility index (Phi) is 36.6. The van der Waals surface area contributed by atoms with Crippen LogP contribution in [-0.4, -0.2) is 79.5 Å². The fourth-order valence-corrected chi connectivity index (χ4v) is 2.86. The number of benzene rings is 4. The van der Waals surface area contributed by atoms with Gasteiger partial charge in [-0.15, -0.1) is 0 Å². The average molecular weight is 837 g/mol. The molecular weight excluding hydrogens is 776 g/mol. The molecule has 0 amide bonds. The second kappa shape index (κ2) is 36.6. The van der Waals surface area contributed by atoms with Gasteiger partial charge in [-0.3, -0.25) is 28.8 Å². The molecule has 0 heterocycles. The number of nitrogens with two attached hydrogens (primary N) is 4. The molecule has 0 saturated carbocycles. The predicted molar refractivity (Wildman–Crippen MR) is 230 cm³/mol. The van der Waals surface area contributed by atoms with Crippen LogP contribution in [0.2, 0.25) is 0 Å². The first-order valence-electron chi connectivity index (χ1n) is 18.0. The molecule has 16 heteroatoms. The van der Waals surface area contributed by atoms with Crippen LogP contribution in [0.3, 0.4) is 0 Å². The summed E-state index contributed by atoms with van der Waals surface area (Å²) in [6, 6.07) is 37.4. The van der Waals surface area contributed by atoms with Gasteiger partial charge in [0.2, 0.25) is 11.6 Å². The van der Waals surface area contributed by atoms with E-state index in [0.29, 0.717) is 0 Å². The van der Waals surface area contributed by atoms with Crippen molar-refractivity contribution in [2.24, 2.45) is 22.9 Å².